The monoisotopic (exact) mass is 503 g/mol. The molecule has 192 valence electrons. The molecule has 0 saturated carbocycles. The number of ether oxygens (including phenoxy) is 1. The maximum absolute atomic E-state index is 12.7. The first-order chi connectivity index (χ1) is 16.4. The van der Waals surface area contributed by atoms with Crippen LogP contribution in [-0.4, -0.2) is 43.1 Å². The molecule has 8 nitrogen and oxygen atoms in total. The van der Waals surface area contributed by atoms with Crippen molar-refractivity contribution in [2.45, 2.75) is 96.6 Å². The van der Waals surface area contributed by atoms with Crippen molar-refractivity contribution in [2.75, 3.05) is 11.9 Å². The molecule has 2 aliphatic carbocycles. The Hall–Kier alpha value is -2.55. The number of carbonyl (C=O) groups is 2. The number of likely N-dealkylation sites (tertiary alicyclic amines) is 1. The van der Waals surface area contributed by atoms with Crippen molar-refractivity contribution >= 4 is 27.8 Å². The van der Waals surface area contributed by atoms with Gasteiger partial charge in [0.25, 0.3) is 10.0 Å². The van der Waals surface area contributed by atoms with E-state index in [4.69, 9.17) is 4.74 Å². The SMILES string of the molecule is CC(C)(C)OC(=O)N1CCCC1(C)C/C=C/S(=O)(=O)NC(=O)Nc1c2c(cc3c1CCC3)CCC2. The lowest BCUT2D eigenvalue weighted by molar-refractivity contribution is 0.0111. The second-order valence-corrected chi connectivity index (χ2v) is 12.7. The Kier molecular flexibility index (Phi) is 6.92. The number of hydrogen-bond donors (Lipinski definition) is 2. The van der Waals surface area contributed by atoms with Gasteiger partial charge in [-0.05, 0) is 108 Å². The highest BCUT2D eigenvalue weighted by molar-refractivity contribution is 7.92. The number of fused-ring (bicyclic) bond motifs is 2. The highest BCUT2D eigenvalue weighted by atomic mass is 32.2. The van der Waals surface area contributed by atoms with Crippen molar-refractivity contribution in [3.63, 3.8) is 0 Å². The Labute approximate surface area is 208 Å². The van der Waals surface area contributed by atoms with Crippen molar-refractivity contribution in [1.29, 1.82) is 0 Å². The third kappa shape index (κ3) is 5.82. The fourth-order valence-electron chi connectivity index (χ4n) is 5.56. The standard InChI is InChI=1S/C26H37N3O5S/c1-25(2,3)34-24(31)29-15-7-13-26(29,4)14-8-16-35(32,33)28-23(30)27-22-20-11-5-9-18(20)17-19-10-6-12-21(19)22/h8,16-17H,5-7,9-15H2,1-4H3,(H2,27,28,30)/b16-8+. The van der Waals surface area contributed by atoms with Crippen LogP contribution in [0.2, 0.25) is 0 Å². The summed E-state index contributed by atoms with van der Waals surface area (Å²) in [6, 6.07) is 1.52. The molecule has 1 atom stereocenters. The van der Waals surface area contributed by atoms with Gasteiger partial charge in [-0.3, -0.25) is 0 Å². The molecule has 3 aliphatic rings. The largest absolute Gasteiger partial charge is 0.444 e. The smallest absolute Gasteiger partial charge is 0.410 e. The molecule has 0 aromatic heterocycles. The van der Waals surface area contributed by atoms with Gasteiger partial charge in [0.2, 0.25) is 0 Å². The molecule has 2 N–H and O–H groups in total. The number of benzene rings is 1. The lowest BCUT2D eigenvalue weighted by Gasteiger charge is -2.35. The molecule has 0 bridgehead atoms. The van der Waals surface area contributed by atoms with E-state index in [-0.39, 0.29) is 0 Å². The van der Waals surface area contributed by atoms with Gasteiger partial charge in [-0.15, -0.1) is 0 Å². The number of nitrogens with one attached hydrogen (secondary N) is 2. The third-order valence-electron chi connectivity index (χ3n) is 7.14. The van der Waals surface area contributed by atoms with Gasteiger partial charge < -0.3 is 15.0 Å². The van der Waals surface area contributed by atoms with Crippen molar-refractivity contribution in [1.82, 2.24) is 9.62 Å². The Morgan fingerprint density at radius 2 is 1.71 bits per heavy atom. The first-order valence-corrected chi connectivity index (χ1v) is 14.1. The molecule has 0 spiro atoms. The molecule has 3 amide bonds. The van der Waals surface area contributed by atoms with Crippen molar-refractivity contribution < 1.29 is 22.7 Å². The van der Waals surface area contributed by atoms with Crippen LogP contribution in [-0.2, 0) is 40.4 Å². The molecule has 35 heavy (non-hydrogen) atoms. The van der Waals surface area contributed by atoms with Crippen LogP contribution in [0, 0.1) is 0 Å². The summed E-state index contributed by atoms with van der Waals surface area (Å²) in [6.07, 6.45) is 8.92. The average molecular weight is 504 g/mol. The minimum atomic E-state index is -3.99. The number of urea groups is 1. The Bertz CT molecular complexity index is 1120. The van der Waals surface area contributed by atoms with Gasteiger partial charge in [0.1, 0.15) is 5.60 Å². The number of hydrogen-bond acceptors (Lipinski definition) is 5. The summed E-state index contributed by atoms with van der Waals surface area (Å²) in [7, 11) is -3.99. The van der Waals surface area contributed by atoms with Gasteiger partial charge in [0.15, 0.2) is 0 Å². The maximum Gasteiger partial charge on any atom is 0.410 e. The molecule has 1 aliphatic heterocycles. The van der Waals surface area contributed by atoms with E-state index in [1.54, 1.807) is 4.90 Å². The zero-order chi connectivity index (χ0) is 25.4. The van der Waals surface area contributed by atoms with Gasteiger partial charge >= 0.3 is 12.1 Å². The van der Waals surface area contributed by atoms with Gasteiger partial charge in [-0.1, -0.05) is 12.1 Å². The summed E-state index contributed by atoms with van der Waals surface area (Å²) in [6.45, 7) is 7.95. The molecular formula is C26H37N3O5S. The lowest BCUT2D eigenvalue weighted by Crippen LogP contribution is -2.47. The highest BCUT2D eigenvalue weighted by Gasteiger charge is 2.40. The van der Waals surface area contributed by atoms with Crippen LogP contribution in [0.5, 0.6) is 0 Å². The zero-order valence-corrected chi connectivity index (χ0v) is 22.0. The number of aryl methyl sites for hydroxylation is 2. The number of amides is 3. The number of carbonyl (C=O) groups excluding carboxylic acids is 2. The van der Waals surface area contributed by atoms with Crippen LogP contribution in [0.3, 0.4) is 0 Å². The molecule has 1 aromatic carbocycles. The van der Waals surface area contributed by atoms with Gasteiger partial charge in [-0.2, -0.15) is 0 Å². The van der Waals surface area contributed by atoms with E-state index in [2.05, 4.69) is 16.1 Å². The predicted octanol–water partition coefficient (Wildman–Crippen LogP) is 4.81. The van der Waals surface area contributed by atoms with E-state index in [0.29, 0.717) is 13.0 Å². The molecule has 9 heteroatoms. The number of nitrogens with zero attached hydrogens (tertiary/aromatic N) is 1. The van der Waals surface area contributed by atoms with Crippen molar-refractivity contribution in [2.24, 2.45) is 0 Å². The van der Waals surface area contributed by atoms with Crippen LogP contribution < -0.4 is 10.0 Å². The van der Waals surface area contributed by atoms with Crippen LogP contribution in [0.25, 0.3) is 0 Å². The summed E-state index contributed by atoms with van der Waals surface area (Å²) in [5, 5.41) is 3.87. The summed E-state index contributed by atoms with van der Waals surface area (Å²) in [5.74, 6) is 0. The first-order valence-electron chi connectivity index (χ1n) is 12.5. The zero-order valence-electron chi connectivity index (χ0n) is 21.2. The normalized spacial score (nSPS) is 21.8. The molecule has 1 heterocycles. The molecule has 1 fully saturated rings. The van der Waals surface area contributed by atoms with E-state index >= 15 is 0 Å². The second kappa shape index (κ2) is 9.48. The maximum atomic E-state index is 12.7. The Balaban J connectivity index is 1.39. The first kappa shape index (κ1) is 25.5. The number of sulfonamides is 1. The predicted molar refractivity (Wildman–Crippen MR) is 136 cm³/mol. The second-order valence-electron chi connectivity index (χ2n) is 11.1. The minimum Gasteiger partial charge on any atom is -0.444 e. The van der Waals surface area contributed by atoms with Crippen LogP contribution in [0.15, 0.2) is 17.6 Å². The third-order valence-corrected chi connectivity index (χ3v) is 8.16. The van der Waals surface area contributed by atoms with Crippen LogP contribution in [0.1, 0.15) is 82.1 Å². The Morgan fingerprint density at radius 1 is 1.09 bits per heavy atom. The van der Waals surface area contributed by atoms with Crippen LogP contribution in [0.4, 0.5) is 15.3 Å². The van der Waals surface area contributed by atoms with E-state index in [1.165, 1.54) is 17.2 Å². The van der Waals surface area contributed by atoms with Crippen LogP contribution >= 0.6 is 0 Å². The molecule has 0 radical (unpaired) electrons. The fourth-order valence-corrected chi connectivity index (χ4v) is 6.29. The summed E-state index contributed by atoms with van der Waals surface area (Å²) in [4.78, 5) is 27.0. The topological polar surface area (TPSA) is 105 Å². The summed E-state index contributed by atoms with van der Waals surface area (Å²) >= 11 is 0. The van der Waals surface area contributed by atoms with E-state index in [9.17, 15) is 18.0 Å². The minimum absolute atomic E-state index is 0.342. The Morgan fingerprint density at radius 3 is 2.31 bits per heavy atom. The average Bonchev–Trinajstić information content (AvgIpc) is 3.45. The van der Waals surface area contributed by atoms with Crippen molar-refractivity contribution in [3.05, 3.63) is 39.8 Å². The number of anilines is 1. The molecule has 1 aromatic rings. The fraction of sp³-hybridized carbons (Fsp3) is 0.615. The highest BCUT2D eigenvalue weighted by Crippen LogP contribution is 2.38. The molecule has 4 rings (SSSR count). The van der Waals surface area contributed by atoms with E-state index in [0.717, 1.165) is 73.6 Å². The molecule has 1 unspecified atom stereocenters. The lowest BCUT2D eigenvalue weighted by atomic mass is 9.95. The van der Waals surface area contributed by atoms with Gasteiger partial charge in [-0.25, -0.2) is 22.7 Å². The van der Waals surface area contributed by atoms with Gasteiger partial charge in [0.05, 0.1) is 0 Å². The molecular weight excluding hydrogens is 466 g/mol. The van der Waals surface area contributed by atoms with E-state index in [1.807, 2.05) is 27.7 Å². The number of rotatable bonds is 5. The molecule has 1 saturated heterocycles. The van der Waals surface area contributed by atoms with Gasteiger partial charge in [0, 0.05) is 23.2 Å². The van der Waals surface area contributed by atoms with E-state index < -0.39 is 33.3 Å². The quantitative estimate of drug-likeness (QED) is 0.600. The summed E-state index contributed by atoms with van der Waals surface area (Å²) in [5.41, 5.74) is 4.48. The summed E-state index contributed by atoms with van der Waals surface area (Å²) < 4.78 is 32.9. The van der Waals surface area contributed by atoms with Crippen molar-refractivity contribution in [3.8, 4) is 0 Å².